The van der Waals surface area contributed by atoms with Crippen LogP contribution in [0, 0.1) is 13.8 Å². The van der Waals surface area contributed by atoms with E-state index in [1.165, 1.54) is 5.56 Å². The number of likely N-dealkylation sites (tertiary alicyclic amines) is 1. The lowest BCUT2D eigenvalue weighted by Crippen LogP contribution is -2.45. The fourth-order valence-corrected chi connectivity index (χ4v) is 5.82. The molecular formula is C31H42ClN5O3. The first-order chi connectivity index (χ1) is 19.2. The van der Waals surface area contributed by atoms with E-state index in [-0.39, 0.29) is 5.91 Å². The van der Waals surface area contributed by atoms with Crippen LogP contribution < -0.4 is 19.7 Å². The maximum Gasteiger partial charge on any atom is 0.251 e. The van der Waals surface area contributed by atoms with Crippen LogP contribution in [0.15, 0.2) is 36.4 Å². The van der Waals surface area contributed by atoms with Gasteiger partial charge in [0.05, 0.1) is 26.3 Å². The lowest BCUT2D eigenvalue weighted by Gasteiger charge is -2.40. The van der Waals surface area contributed by atoms with Crippen LogP contribution in [0.1, 0.15) is 52.5 Å². The summed E-state index contributed by atoms with van der Waals surface area (Å²) < 4.78 is 12.4. The van der Waals surface area contributed by atoms with Crippen molar-refractivity contribution in [2.75, 3.05) is 45.3 Å². The minimum Gasteiger partial charge on any atom is -0.497 e. The fraction of sp³-hybridized carbons (Fsp3) is 0.484. The lowest BCUT2D eigenvalue weighted by molar-refractivity contribution is 0.0950. The summed E-state index contributed by atoms with van der Waals surface area (Å²) in [6.45, 7) is 10.5. The summed E-state index contributed by atoms with van der Waals surface area (Å²) >= 11 is 6.58. The minimum atomic E-state index is -0.157. The molecule has 1 aliphatic rings. The molecular weight excluding hydrogens is 526 g/mol. The van der Waals surface area contributed by atoms with Crippen molar-refractivity contribution >= 4 is 23.2 Å². The molecule has 1 amide bonds. The summed E-state index contributed by atoms with van der Waals surface area (Å²) in [5, 5.41) is 7.98. The molecule has 2 aromatic carbocycles. The van der Waals surface area contributed by atoms with Crippen LogP contribution in [-0.2, 0) is 20.0 Å². The quantitative estimate of drug-likeness (QED) is 0.345. The Balaban J connectivity index is 1.40. The zero-order valence-corrected chi connectivity index (χ0v) is 25.3. The van der Waals surface area contributed by atoms with Gasteiger partial charge in [0.15, 0.2) is 0 Å². The zero-order chi connectivity index (χ0) is 28.8. The summed E-state index contributed by atoms with van der Waals surface area (Å²) in [5.74, 6) is 1.26. The van der Waals surface area contributed by atoms with Crippen molar-refractivity contribution in [3.05, 3.63) is 69.4 Å². The Morgan fingerprint density at radius 3 is 2.45 bits per heavy atom. The number of carbonyl (C=O) groups excluding carboxylic acids is 1. The Kier molecular flexibility index (Phi) is 9.98. The summed E-state index contributed by atoms with van der Waals surface area (Å²) in [4.78, 5) is 18.3. The third kappa shape index (κ3) is 6.73. The number of rotatable bonds is 11. The number of methoxy groups -OCH3 is 2. The number of nitrogens with zero attached hydrogens (tertiary/aromatic N) is 4. The van der Waals surface area contributed by atoms with Crippen LogP contribution in [0.5, 0.6) is 11.6 Å². The van der Waals surface area contributed by atoms with Crippen LogP contribution in [0.3, 0.4) is 0 Å². The van der Waals surface area contributed by atoms with E-state index >= 15 is 0 Å². The average Bonchev–Trinajstić information content (AvgIpc) is 3.25. The smallest absolute Gasteiger partial charge is 0.251 e. The predicted octanol–water partition coefficient (Wildman–Crippen LogP) is 5.17. The summed E-state index contributed by atoms with van der Waals surface area (Å²) in [6, 6.07) is 12.5. The number of aryl methyl sites for hydroxylation is 1. The van der Waals surface area contributed by atoms with E-state index in [1.807, 2.05) is 39.1 Å². The molecule has 0 atom stereocenters. The Morgan fingerprint density at radius 1 is 1.12 bits per heavy atom. The number of halogens is 1. The van der Waals surface area contributed by atoms with Gasteiger partial charge < -0.3 is 24.6 Å². The third-order valence-electron chi connectivity index (χ3n) is 8.15. The molecule has 8 nitrogen and oxygen atoms in total. The van der Waals surface area contributed by atoms with Crippen molar-refractivity contribution in [1.29, 1.82) is 0 Å². The van der Waals surface area contributed by atoms with Gasteiger partial charge in [-0.2, -0.15) is 0 Å². The van der Waals surface area contributed by atoms with E-state index in [0.29, 0.717) is 29.1 Å². The van der Waals surface area contributed by atoms with E-state index in [0.717, 1.165) is 73.7 Å². The first-order valence-corrected chi connectivity index (χ1v) is 14.4. The second-order valence-corrected chi connectivity index (χ2v) is 10.9. The molecule has 0 unspecified atom stereocenters. The molecule has 0 radical (unpaired) electrons. The number of hydrogen-bond donors (Lipinski definition) is 1. The van der Waals surface area contributed by atoms with Gasteiger partial charge in [0.1, 0.15) is 5.75 Å². The van der Waals surface area contributed by atoms with Crippen LogP contribution in [0.4, 0.5) is 5.69 Å². The molecule has 1 fully saturated rings. The highest BCUT2D eigenvalue weighted by Crippen LogP contribution is 2.32. The number of carbonyl (C=O) groups is 1. The van der Waals surface area contributed by atoms with E-state index in [4.69, 9.17) is 21.1 Å². The van der Waals surface area contributed by atoms with Crippen LogP contribution >= 0.6 is 11.6 Å². The van der Waals surface area contributed by atoms with E-state index in [2.05, 4.69) is 39.3 Å². The van der Waals surface area contributed by atoms with Crippen LogP contribution in [0.2, 0.25) is 5.02 Å². The number of piperidine rings is 1. The number of amides is 1. The molecule has 3 aromatic rings. The number of hydrogen-bond acceptors (Lipinski definition) is 6. The molecule has 9 heteroatoms. The average molecular weight is 568 g/mol. The van der Waals surface area contributed by atoms with Crippen LogP contribution in [0.25, 0.3) is 0 Å². The van der Waals surface area contributed by atoms with Crippen molar-refractivity contribution in [1.82, 2.24) is 20.0 Å². The molecule has 0 aliphatic carbocycles. The highest BCUT2D eigenvalue weighted by atomic mass is 35.5. The first-order valence-electron chi connectivity index (χ1n) is 14.0. The Bertz CT molecular complexity index is 1300. The van der Waals surface area contributed by atoms with Crippen molar-refractivity contribution in [3.63, 3.8) is 0 Å². The van der Waals surface area contributed by atoms with Gasteiger partial charge in [0.25, 0.3) is 5.91 Å². The summed E-state index contributed by atoms with van der Waals surface area (Å²) in [6.07, 6.45) is 3.18. The zero-order valence-electron chi connectivity index (χ0n) is 24.6. The molecule has 1 saturated heterocycles. The highest BCUT2D eigenvalue weighted by Gasteiger charge is 2.27. The van der Waals surface area contributed by atoms with Gasteiger partial charge in [-0.1, -0.05) is 23.7 Å². The molecule has 216 valence electrons. The van der Waals surface area contributed by atoms with Gasteiger partial charge in [0.2, 0.25) is 5.88 Å². The molecule has 0 spiro atoms. The van der Waals surface area contributed by atoms with Gasteiger partial charge in [0, 0.05) is 61.2 Å². The monoisotopic (exact) mass is 567 g/mol. The molecule has 40 heavy (non-hydrogen) atoms. The highest BCUT2D eigenvalue weighted by molar-refractivity contribution is 6.31. The molecule has 0 bridgehead atoms. The molecule has 4 rings (SSSR count). The standard InChI is InChI=1S/C31H42ClN5O3/c1-7-37(25-13-16-36(17-14-25)15-12-23-8-10-26(39-5)11-9-23)29-19-24(32)18-27(21(29)2)30(38)33-20-28-22(3)35(4)34-31(28)40-6/h8-11,18-19,25H,7,12-17,20H2,1-6H3,(H,33,38). The largest absolute Gasteiger partial charge is 0.497 e. The Morgan fingerprint density at radius 2 is 1.82 bits per heavy atom. The van der Waals surface area contributed by atoms with Crippen molar-refractivity contribution in [2.45, 2.75) is 52.6 Å². The number of ether oxygens (including phenoxy) is 2. The molecule has 2 heterocycles. The number of aromatic nitrogens is 2. The molecule has 1 N–H and O–H groups in total. The normalized spacial score (nSPS) is 14.3. The molecule has 1 aliphatic heterocycles. The van der Waals surface area contributed by atoms with Crippen molar-refractivity contribution < 1.29 is 14.3 Å². The Labute approximate surface area is 243 Å². The Hall–Kier alpha value is -3.23. The van der Waals surface area contributed by atoms with Gasteiger partial charge in [-0.25, -0.2) is 0 Å². The van der Waals surface area contributed by atoms with E-state index in [1.54, 1.807) is 25.0 Å². The summed E-state index contributed by atoms with van der Waals surface area (Å²) in [5.41, 5.74) is 5.72. The second kappa shape index (κ2) is 13.4. The molecule has 1 aromatic heterocycles. The van der Waals surface area contributed by atoms with E-state index in [9.17, 15) is 4.79 Å². The SMILES string of the molecule is CCN(c1cc(Cl)cc(C(=O)NCc2c(OC)nn(C)c2C)c1C)C1CCN(CCc2ccc(OC)cc2)CC1. The van der Waals surface area contributed by atoms with Crippen molar-refractivity contribution in [3.8, 4) is 11.6 Å². The number of benzene rings is 2. The lowest BCUT2D eigenvalue weighted by atomic mass is 9.98. The van der Waals surface area contributed by atoms with E-state index < -0.39 is 0 Å². The third-order valence-corrected chi connectivity index (χ3v) is 8.37. The molecule has 0 saturated carbocycles. The van der Waals surface area contributed by atoms with Gasteiger partial charge in [-0.15, -0.1) is 5.10 Å². The number of anilines is 1. The van der Waals surface area contributed by atoms with Gasteiger partial charge >= 0.3 is 0 Å². The maximum absolute atomic E-state index is 13.3. The fourth-order valence-electron chi connectivity index (χ4n) is 5.61. The summed E-state index contributed by atoms with van der Waals surface area (Å²) in [7, 11) is 5.15. The maximum atomic E-state index is 13.3. The van der Waals surface area contributed by atoms with Crippen LogP contribution in [-0.4, -0.2) is 67.0 Å². The van der Waals surface area contributed by atoms with Gasteiger partial charge in [-0.3, -0.25) is 9.48 Å². The number of nitrogens with one attached hydrogen (secondary N) is 1. The minimum absolute atomic E-state index is 0.157. The first kappa shape index (κ1) is 29.7. The predicted molar refractivity (Wildman–Crippen MR) is 161 cm³/mol. The topological polar surface area (TPSA) is 71.9 Å². The second-order valence-electron chi connectivity index (χ2n) is 10.4. The van der Waals surface area contributed by atoms with Crippen molar-refractivity contribution in [2.24, 2.45) is 7.05 Å². The van der Waals surface area contributed by atoms with Gasteiger partial charge in [-0.05, 0) is 75.4 Å².